The minimum absolute atomic E-state index is 0.100. The Morgan fingerprint density at radius 2 is 1.56 bits per heavy atom. The highest BCUT2D eigenvalue weighted by atomic mass is 16.5. The Bertz CT molecular complexity index is 898. The highest BCUT2D eigenvalue weighted by molar-refractivity contribution is 6.04. The van der Waals surface area contributed by atoms with E-state index in [-0.39, 0.29) is 11.7 Å². The third-order valence-electron chi connectivity index (χ3n) is 4.59. The van der Waals surface area contributed by atoms with Crippen LogP contribution in [0.15, 0.2) is 72.8 Å². The van der Waals surface area contributed by atoms with Gasteiger partial charge in [-0.2, -0.15) is 0 Å². The summed E-state index contributed by atoms with van der Waals surface area (Å²) in [7, 11) is 1.63. The minimum atomic E-state index is 0.100. The molecule has 3 heteroatoms. The van der Waals surface area contributed by atoms with E-state index in [0.29, 0.717) is 23.5 Å². The van der Waals surface area contributed by atoms with Gasteiger partial charge in [0.05, 0.1) is 12.7 Å². The van der Waals surface area contributed by atoms with Crippen molar-refractivity contribution in [2.45, 2.75) is 12.3 Å². The first-order chi connectivity index (χ1) is 12.3. The number of ketones is 1. The largest absolute Gasteiger partial charge is 0.497 e. The number of hydrogen-bond acceptors (Lipinski definition) is 3. The monoisotopic (exact) mass is 330 g/mol. The van der Waals surface area contributed by atoms with Crippen molar-refractivity contribution >= 4 is 5.78 Å². The molecule has 0 fully saturated rings. The second-order valence-electron chi connectivity index (χ2n) is 6.09. The molecule has 0 amide bonds. The topological polar surface area (TPSA) is 35.5 Å². The van der Waals surface area contributed by atoms with E-state index in [1.54, 1.807) is 7.11 Å². The van der Waals surface area contributed by atoms with Gasteiger partial charge in [0, 0.05) is 12.3 Å². The summed E-state index contributed by atoms with van der Waals surface area (Å²) < 4.78 is 11.2. The number of Topliss-reactive ketones (excluding diaryl/α,β-unsaturated/α-hetero) is 1. The van der Waals surface area contributed by atoms with Gasteiger partial charge in [-0.1, -0.05) is 42.5 Å². The number of rotatable bonds is 4. The van der Waals surface area contributed by atoms with E-state index in [0.717, 1.165) is 16.9 Å². The van der Waals surface area contributed by atoms with E-state index in [1.165, 1.54) is 0 Å². The zero-order valence-electron chi connectivity index (χ0n) is 13.9. The number of hydrogen-bond donors (Lipinski definition) is 0. The molecule has 0 saturated heterocycles. The second kappa shape index (κ2) is 6.44. The lowest BCUT2D eigenvalue weighted by molar-refractivity contribution is 0.0989. The van der Waals surface area contributed by atoms with Gasteiger partial charge in [-0.05, 0) is 41.5 Å². The van der Waals surface area contributed by atoms with Crippen molar-refractivity contribution in [1.29, 1.82) is 0 Å². The van der Waals surface area contributed by atoms with Gasteiger partial charge in [0.25, 0.3) is 0 Å². The lowest BCUT2D eigenvalue weighted by Gasteiger charge is -2.13. The highest BCUT2D eigenvalue weighted by Crippen LogP contribution is 2.43. The van der Waals surface area contributed by atoms with E-state index in [9.17, 15) is 4.79 Å². The molecule has 3 aromatic rings. The van der Waals surface area contributed by atoms with Crippen molar-refractivity contribution < 1.29 is 14.3 Å². The Hall–Kier alpha value is -3.07. The molecule has 0 heterocycles. The fraction of sp³-hybridized carbons (Fsp3) is 0.136. The van der Waals surface area contributed by atoms with Crippen LogP contribution in [0.2, 0.25) is 0 Å². The Kier molecular flexibility index (Phi) is 3.98. The van der Waals surface area contributed by atoms with Crippen LogP contribution < -0.4 is 9.47 Å². The van der Waals surface area contributed by atoms with Crippen LogP contribution in [0.3, 0.4) is 0 Å². The molecule has 1 aliphatic rings. The zero-order valence-corrected chi connectivity index (χ0v) is 13.9. The molecule has 0 bridgehead atoms. The summed E-state index contributed by atoms with van der Waals surface area (Å²) in [5.41, 5.74) is 2.91. The smallest absolute Gasteiger partial charge is 0.167 e. The van der Waals surface area contributed by atoms with Gasteiger partial charge in [-0.3, -0.25) is 4.79 Å². The number of benzene rings is 3. The van der Waals surface area contributed by atoms with E-state index in [1.807, 2.05) is 60.7 Å². The van der Waals surface area contributed by atoms with Crippen LogP contribution in [-0.4, -0.2) is 12.9 Å². The van der Waals surface area contributed by atoms with E-state index < -0.39 is 0 Å². The second-order valence-corrected chi connectivity index (χ2v) is 6.09. The molecule has 4 rings (SSSR count). The first-order valence-electron chi connectivity index (χ1n) is 8.29. The molecule has 0 N–H and O–H groups in total. The predicted molar refractivity (Wildman–Crippen MR) is 96.7 cm³/mol. The predicted octanol–water partition coefficient (Wildman–Crippen LogP) is 5.21. The minimum Gasteiger partial charge on any atom is -0.497 e. The summed E-state index contributed by atoms with van der Waals surface area (Å²) in [5, 5.41) is 0. The molecular weight excluding hydrogens is 312 g/mol. The first kappa shape index (κ1) is 15.5. The van der Waals surface area contributed by atoms with Crippen LogP contribution in [-0.2, 0) is 0 Å². The van der Waals surface area contributed by atoms with Crippen molar-refractivity contribution in [3.63, 3.8) is 0 Å². The Morgan fingerprint density at radius 3 is 2.28 bits per heavy atom. The summed E-state index contributed by atoms with van der Waals surface area (Å²) in [4.78, 5) is 12.7. The maximum Gasteiger partial charge on any atom is 0.167 e. The summed E-state index contributed by atoms with van der Waals surface area (Å²) >= 11 is 0. The van der Waals surface area contributed by atoms with Gasteiger partial charge in [0.2, 0.25) is 0 Å². The summed E-state index contributed by atoms with van der Waals surface area (Å²) in [6.07, 6.45) is 0.488. The third kappa shape index (κ3) is 2.89. The van der Waals surface area contributed by atoms with Gasteiger partial charge in [-0.15, -0.1) is 0 Å². The Balaban J connectivity index is 1.69. The van der Waals surface area contributed by atoms with Crippen LogP contribution in [0.25, 0.3) is 0 Å². The molecule has 0 aliphatic heterocycles. The molecule has 3 aromatic carbocycles. The van der Waals surface area contributed by atoms with Crippen LogP contribution in [0.5, 0.6) is 17.2 Å². The third-order valence-corrected chi connectivity index (χ3v) is 4.59. The van der Waals surface area contributed by atoms with Crippen LogP contribution in [0.4, 0.5) is 0 Å². The Morgan fingerprint density at radius 1 is 0.840 bits per heavy atom. The average molecular weight is 330 g/mol. The molecule has 0 radical (unpaired) electrons. The van der Waals surface area contributed by atoms with E-state index in [2.05, 4.69) is 12.1 Å². The fourth-order valence-corrected chi connectivity index (χ4v) is 3.37. The van der Waals surface area contributed by atoms with Crippen LogP contribution in [0.1, 0.15) is 33.8 Å². The van der Waals surface area contributed by atoms with Crippen LogP contribution >= 0.6 is 0 Å². The lowest BCUT2D eigenvalue weighted by atomic mass is 9.93. The quantitative estimate of drug-likeness (QED) is 0.659. The molecule has 1 atom stereocenters. The normalized spacial score (nSPS) is 15.7. The van der Waals surface area contributed by atoms with Crippen molar-refractivity contribution in [2.24, 2.45) is 0 Å². The van der Waals surface area contributed by atoms with Gasteiger partial charge in [0.15, 0.2) is 5.78 Å². The standard InChI is InChI=1S/C22H18O3/c1-24-16-10-12-17(13-11-16)25-21-9-5-8-18-19(14-20(23)22(18)21)15-6-3-2-4-7-15/h2-13,19H,14H2,1H3/t19-/m0/s1. The van der Waals surface area contributed by atoms with Crippen molar-refractivity contribution in [3.8, 4) is 17.2 Å². The molecule has 25 heavy (non-hydrogen) atoms. The summed E-state index contributed by atoms with van der Waals surface area (Å²) in [6.45, 7) is 0. The highest BCUT2D eigenvalue weighted by Gasteiger charge is 2.33. The average Bonchev–Trinajstić information content (AvgIpc) is 3.01. The summed E-state index contributed by atoms with van der Waals surface area (Å²) in [5.74, 6) is 2.30. The molecule has 0 unspecified atom stereocenters. The number of carbonyl (C=O) groups excluding carboxylic acids is 1. The molecule has 0 spiro atoms. The zero-order chi connectivity index (χ0) is 17.2. The van der Waals surface area contributed by atoms with Crippen molar-refractivity contribution in [3.05, 3.63) is 89.5 Å². The molecule has 0 aromatic heterocycles. The molecule has 0 saturated carbocycles. The number of carbonyl (C=O) groups is 1. The van der Waals surface area contributed by atoms with Gasteiger partial charge in [0.1, 0.15) is 17.2 Å². The molecule has 1 aliphatic carbocycles. The summed E-state index contributed by atoms with van der Waals surface area (Å²) in [6, 6.07) is 23.3. The van der Waals surface area contributed by atoms with E-state index >= 15 is 0 Å². The number of methoxy groups -OCH3 is 1. The maximum atomic E-state index is 12.7. The van der Waals surface area contributed by atoms with Gasteiger partial charge >= 0.3 is 0 Å². The maximum absolute atomic E-state index is 12.7. The molecule has 124 valence electrons. The number of fused-ring (bicyclic) bond motifs is 1. The first-order valence-corrected chi connectivity index (χ1v) is 8.29. The van der Waals surface area contributed by atoms with Gasteiger partial charge < -0.3 is 9.47 Å². The van der Waals surface area contributed by atoms with Crippen molar-refractivity contribution in [2.75, 3.05) is 7.11 Å². The molecular formula is C22H18O3. The van der Waals surface area contributed by atoms with Crippen molar-refractivity contribution in [1.82, 2.24) is 0 Å². The van der Waals surface area contributed by atoms with Crippen LogP contribution in [0, 0.1) is 0 Å². The fourth-order valence-electron chi connectivity index (χ4n) is 3.37. The van der Waals surface area contributed by atoms with E-state index in [4.69, 9.17) is 9.47 Å². The lowest BCUT2D eigenvalue weighted by Crippen LogP contribution is -1.96. The number of ether oxygens (including phenoxy) is 2. The molecule has 3 nitrogen and oxygen atoms in total. The SMILES string of the molecule is COc1ccc(Oc2cccc3c2C(=O)C[C@H]3c2ccccc2)cc1. The Labute approximate surface area is 146 Å². The van der Waals surface area contributed by atoms with Gasteiger partial charge in [-0.25, -0.2) is 0 Å².